The average Bonchev–Trinajstić information content (AvgIpc) is 2.77. The van der Waals surface area contributed by atoms with E-state index in [9.17, 15) is 9.59 Å². The molecule has 0 atom stereocenters. The van der Waals surface area contributed by atoms with Crippen LogP contribution in [0.5, 0.6) is 5.75 Å². The van der Waals surface area contributed by atoms with Crippen LogP contribution in [0.3, 0.4) is 0 Å². The Balaban J connectivity index is 1.45. The second kappa shape index (κ2) is 9.46. The molecule has 4 rings (SSSR count). The molecule has 1 saturated carbocycles. The minimum atomic E-state index is -0.685. The smallest absolute Gasteiger partial charge is 0.322 e. The SMILES string of the molecule is CC(C)(C)NC(=O)N1CCOc2cc(-c3ccc([C@H]4CC[C@H](CC(=O)O)CC4)cc3)ccc21. The Labute approximate surface area is 195 Å². The Morgan fingerprint density at radius 2 is 1.70 bits per heavy atom. The lowest BCUT2D eigenvalue weighted by molar-refractivity contribution is -0.138. The second-order valence-electron chi connectivity index (χ2n) is 10.3. The van der Waals surface area contributed by atoms with Gasteiger partial charge in [-0.1, -0.05) is 30.3 Å². The number of aliphatic carboxylic acids is 1. The molecule has 1 aliphatic heterocycles. The number of anilines is 1. The highest BCUT2D eigenvalue weighted by Crippen LogP contribution is 2.39. The van der Waals surface area contributed by atoms with Gasteiger partial charge in [0.25, 0.3) is 0 Å². The number of carboxylic acids is 1. The van der Waals surface area contributed by atoms with Crippen LogP contribution < -0.4 is 15.0 Å². The van der Waals surface area contributed by atoms with Gasteiger partial charge in [-0.2, -0.15) is 0 Å². The maximum atomic E-state index is 12.7. The molecule has 2 N–H and O–H groups in total. The number of fused-ring (bicyclic) bond motifs is 1. The highest BCUT2D eigenvalue weighted by Gasteiger charge is 2.27. The molecule has 2 aromatic rings. The van der Waals surface area contributed by atoms with Crippen LogP contribution in [0.1, 0.15) is 64.4 Å². The summed E-state index contributed by atoms with van der Waals surface area (Å²) >= 11 is 0. The molecule has 2 amide bonds. The molecule has 1 aliphatic carbocycles. The predicted molar refractivity (Wildman–Crippen MR) is 130 cm³/mol. The summed E-state index contributed by atoms with van der Waals surface area (Å²) in [6, 6.07) is 14.6. The Kier molecular flexibility index (Phi) is 6.63. The first-order valence-corrected chi connectivity index (χ1v) is 11.9. The highest BCUT2D eigenvalue weighted by atomic mass is 16.5. The van der Waals surface area contributed by atoms with Gasteiger partial charge in [-0.15, -0.1) is 0 Å². The maximum absolute atomic E-state index is 12.7. The third-order valence-corrected chi connectivity index (χ3v) is 6.58. The number of urea groups is 1. The maximum Gasteiger partial charge on any atom is 0.322 e. The van der Waals surface area contributed by atoms with Crippen LogP contribution >= 0.6 is 0 Å². The van der Waals surface area contributed by atoms with E-state index in [1.54, 1.807) is 4.90 Å². The number of carbonyl (C=O) groups excluding carboxylic acids is 1. The van der Waals surface area contributed by atoms with Gasteiger partial charge in [0, 0.05) is 12.0 Å². The van der Waals surface area contributed by atoms with Gasteiger partial charge in [-0.25, -0.2) is 4.79 Å². The van der Waals surface area contributed by atoms with Crippen LogP contribution in [-0.2, 0) is 4.79 Å². The lowest BCUT2D eigenvalue weighted by Gasteiger charge is -2.32. The third kappa shape index (κ3) is 5.67. The van der Waals surface area contributed by atoms with E-state index < -0.39 is 5.97 Å². The molecule has 0 bridgehead atoms. The molecule has 6 heteroatoms. The first kappa shape index (κ1) is 23.1. The predicted octanol–water partition coefficient (Wildman–Crippen LogP) is 5.81. The third-order valence-electron chi connectivity index (χ3n) is 6.58. The fourth-order valence-electron chi connectivity index (χ4n) is 4.89. The number of amides is 2. The normalized spacial score (nSPS) is 20.5. The van der Waals surface area contributed by atoms with E-state index in [4.69, 9.17) is 9.84 Å². The van der Waals surface area contributed by atoms with Gasteiger partial charge >= 0.3 is 12.0 Å². The summed E-state index contributed by atoms with van der Waals surface area (Å²) in [5, 5.41) is 12.0. The number of hydrogen-bond donors (Lipinski definition) is 2. The van der Waals surface area contributed by atoms with E-state index in [2.05, 4.69) is 29.6 Å². The summed E-state index contributed by atoms with van der Waals surface area (Å²) in [6.45, 7) is 6.91. The van der Waals surface area contributed by atoms with Crippen molar-refractivity contribution in [2.45, 2.75) is 64.3 Å². The van der Waals surface area contributed by atoms with Crippen molar-refractivity contribution in [2.75, 3.05) is 18.1 Å². The fourth-order valence-corrected chi connectivity index (χ4v) is 4.89. The van der Waals surface area contributed by atoms with Crippen molar-refractivity contribution in [3.8, 4) is 16.9 Å². The Bertz CT molecular complexity index is 1000. The lowest BCUT2D eigenvalue weighted by atomic mass is 9.77. The van der Waals surface area contributed by atoms with Crippen LogP contribution in [0, 0.1) is 5.92 Å². The van der Waals surface area contributed by atoms with Gasteiger partial charge in [0.15, 0.2) is 0 Å². The number of hydrogen-bond acceptors (Lipinski definition) is 3. The fraction of sp³-hybridized carbons (Fsp3) is 0.481. The van der Waals surface area contributed by atoms with E-state index in [1.165, 1.54) is 5.56 Å². The van der Waals surface area contributed by atoms with Crippen molar-refractivity contribution in [2.24, 2.45) is 5.92 Å². The zero-order valence-electron chi connectivity index (χ0n) is 19.8. The lowest BCUT2D eigenvalue weighted by Crippen LogP contribution is -2.50. The molecule has 1 fully saturated rings. The molecule has 176 valence electrons. The number of ether oxygens (including phenoxy) is 1. The molecule has 0 spiro atoms. The van der Waals surface area contributed by atoms with Gasteiger partial charge in [0.05, 0.1) is 12.2 Å². The monoisotopic (exact) mass is 450 g/mol. The Hall–Kier alpha value is -3.02. The standard InChI is InChI=1S/C27H34N2O4/c1-27(2,3)28-26(32)29-14-15-33-24-17-22(12-13-23(24)29)21-10-8-20(9-11-21)19-6-4-18(5-7-19)16-25(30)31/h8-13,17-19H,4-7,14-16H2,1-3H3,(H,28,32)(H,30,31)/t18-,19-. The minimum Gasteiger partial charge on any atom is -0.490 e. The summed E-state index contributed by atoms with van der Waals surface area (Å²) in [5.41, 5.74) is 3.99. The quantitative estimate of drug-likeness (QED) is 0.616. The summed E-state index contributed by atoms with van der Waals surface area (Å²) < 4.78 is 5.89. The van der Waals surface area contributed by atoms with E-state index in [0.29, 0.717) is 31.4 Å². The number of carbonyl (C=O) groups is 2. The van der Waals surface area contributed by atoms with E-state index >= 15 is 0 Å². The molecule has 0 unspecified atom stereocenters. The number of rotatable bonds is 4. The summed E-state index contributed by atoms with van der Waals surface area (Å²) in [4.78, 5) is 25.4. The van der Waals surface area contributed by atoms with Crippen molar-refractivity contribution in [3.05, 3.63) is 48.0 Å². The van der Waals surface area contributed by atoms with Crippen LogP contribution in [0.15, 0.2) is 42.5 Å². The minimum absolute atomic E-state index is 0.109. The van der Waals surface area contributed by atoms with Crippen molar-refractivity contribution >= 4 is 17.7 Å². The number of carboxylic acid groups (broad SMARTS) is 1. The van der Waals surface area contributed by atoms with Crippen molar-refractivity contribution in [1.29, 1.82) is 0 Å². The van der Waals surface area contributed by atoms with Crippen LogP contribution in [-0.4, -0.2) is 35.8 Å². The van der Waals surface area contributed by atoms with Gasteiger partial charge in [-0.3, -0.25) is 9.69 Å². The first-order chi connectivity index (χ1) is 15.7. The Morgan fingerprint density at radius 1 is 1.03 bits per heavy atom. The zero-order valence-corrected chi connectivity index (χ0v) is 19.8. The molecule has 2 aliphatic rings. The van der Waals surface area contributed by atoms with Crippen LogP contribution in [0.25, 0.3) is 11.1 Å². The van der Waals surface area contributed by atoms with Crippen molar-refractivity contribution in [3.63, 3.8) is 0 Å². The number of nitrogens with one attached hydrogen (secondary N) is 1. The van der Waals surface area contributed by atoms with Gasteiger partial charge in [-0.05, 0) is 87.1 Å². The molecule has 33 heavy (non-hydrogen) atoms. The van der Waals surface area contributed by atoms with Gasteiger partial charge in [0.1, 0.15) is 12.4 Å². The van der Waals surface area contributed by atoms with Gasteiger partial charge in [0.2, 0.25) is 0 Å². The average molecular weight is 451 g/mol. The summed E-state index contributed by atoms with van der Waals surface area (Å²) in [7, 11) is 0. The molecule has 2 aromatic carbocycles. The highest BCUT2D eigenvalue weighted by molar-refractivity contribution is 5.95. The summed E-state index contributed by atoms with van der Waals surface area (Å²) in [5.74, 6) is 0.864. The first-order valence-electron chi connectivity index (χ1n) is 11.9. The van der Waals surface area contributed by atoms with Gasteiger partial charge < -0.3 is 15.2 Å². The summed E-state index contributed by atoms with van der Waals surface area (Å²) in [6.07, 6.45) is 4.37. The van der Waals surface area contributed by atoms with Crippen molar-refractivity contribution in [1.82, 2.24) is 5.32 Å². The largest absolute Gasteiger partial charge is 0.490 e. The Morgan fingerprint density at radius 3 is 2.33 bits per heavy atom. The molecule has 0 aromatic heterocycles. The molecular formula is C27H34N2O4. The van der Waals surface area contributed by atoms with Crippen molar-refractivity contribution < 1.29 is 19.4 Å². The topological polar surface area (TPSA) is 78.9 Å². The molecular weight excluding hydrogens is 416 g/mol. The van der Waals surface area contributed by atoms with Crippen LogP contribution in [0.2, 0.25) is 0 Å². The zero-order chi connectivity index (χ0) is 23.6. The van der Waals surface area contributed by atoms with Crippen LogP contribution in [0.4, 0.5) is 10.5 Å². The number of benzene rings is 2. The number of nitrogens with zero attached hydrogens (tertiary/aromatic N) is 1. The molecule has 6 nitrogen and oxygen atoms in total. The molecule has 0 radical (unpaired) electrons. The van der Waals surface area contributed by atoms with E-state index in [-0.39, 0.29) is 11.6 Å². The molecule has 0 saturated heterocycles. The van der Waals surface area contributed by atoms with E-state index in [0.717, 1.165) is 48.2 Å². The van der Waals surface area contributed by atoms with E-state index in [1.807, 2.05) is 39.0 Å². The molecule has 1 heterocycles. The second-order valence-corrected chi connectivity index (χ2v) is 10.3.